The van der Waals surface area contributed by atoms with Gasteiger partial charge in [-0.3, -0.25) is 24.0 Å². The zero-order valence-corrected chi connectivity index (χ0v) is 28.1. The minimum atomic E-state index is -1.10. The van der Waals surface area contributed by atoms with Gasteiger partial charge in [0, 0.05) is 12.6 Å². The topological polar surface area (TPSA) is 180 Å². The fourth-order valence-electron chi connectivity index (χ4n) is 6.70. The van der Waals surface area contributed by atoms with Gasteiger partial charge in [-0.25, -0.2) is 4.79 Å². The van der Waals surface area contributed by atoms with Crippen LogP contribution in [0.1, 0.15) is 94.9 Å². The van der Waals surface area contributed by atoms with E-state index in [0.717, 1.165) is 19.3 Å². The van der Waals surface area contributed by atoms with Gasteiger partial charge in [0.1, 0.15) is 18.1 Å². The smallest absolute Gasteiger partial charge is 0.316 e. The number of fused-ring (bicyclic) bond motifs is 1. The van der Waals surface area contributed by atoms with E-state index in [2.05, 4.69) is 21.3 Å². The average Bonchev–Trinajstić information content (AvgIpc) is 3.18. The van der Waals surface area contributed by atoms with Gasteiger partial charge >= 0.3 is 6.03 Å². The summed E-state index contributed by atoms with van der Waals surface area (Å²) in [6.07, 6.45) is 3.20. The number of urea groups is 1. The molecule has 2 unspecified atom stereocenters. The summed E-state index contributed by atoms with van der Waals surface area (Å²) in [5.41, 5.74) is 3.77. The van der Waals surface area contributed by atoms with Gasteiger partial charge < -0.3 is 31.9 Å². The number of likely N-dealkylation sites (tertiary alicyclic amines) is 1. The van der Waals surface area contributed by atoms with Crippen LogP contribution in [0.2, 0.25) is 0 Å². The van der Waals surface area contributed by atoms with Crippen molar-refractivity contribution in [3.05, 3.63) is 0 Å². The SMILES string of the molecule is CC(C)NC(=O)[C@@H](NC(=O)N[C@H](C(=O)N1C[C@H]2C([C@H]1C(=O)NC(CC1CCC1)C(=O)C(N)=O)C2(C)C)C(C)(C)C)C(C)(C)C. The highest BCUT2D eigenvalue weighted by Gasteiger charge is 2.70. The van der Waals surface area contributed by atoms with E-state index in [9.17, 15) is 28.8 Å². The number of carbonyl (C=O) groups is 6. The number of primary amides is 1. The molecule has 3 fully saturated rings. The van der Waals surface area contributed by atoms with Crippen molar-refractivity contribution in [3.63, 3.8) is 0 Å². The van der Waals surface area contributed by atoms with E-state index in [1.165, 1.54) is 4.90 Å². The molecule has 12 heteroatoms. The summed E-state index contributed by atoms with van der Waals surface area (Å²) in [4.78, 5) is 80.4. The molecule has 1 saturated heterocycles. The van der Waals surface area contributed by atoms with Crippen LogP contribution in [0.15, 0.2) is 0 Å². The second kappa shape index (κ2) is 12.7. The lowest BCUT2D eigenvalue weighted by Gasteiger charge is -2.38. The highest BCUT2D eigenvalue weighted by Crippen LogP contribution is 2.65. The maximum Gasteiger partial charge on any atom is 0.316 e. The van der Waals surface area contributed by atoms with Gasteiger partial charge in [-0.05, 0) is 54.3 Å². The zero-order chi connectivity index (χ0) is 33.5. The van der Waals surface area contributed by atoms with Gasteiger partial charge in [-0.1, -0.05) is 74.7 Å². The quantitative estimate of drug-likeness (QED) is 0.221. The molecule has 0 radical (unpaired) electrons. The van der Waals surface area contributed by atoms with E-state index in [1.807, 2.05) is 69.2 Å². The molecule has 2 saturated carbocycles. The van der Waals surface area contributed by atoms with E-state index in [0.29, 0.717) is 13.0 Å². The van der Waals surface area contributed by atoms with Crippen LogP contribution in [-0.4, -0.2) is 77.1 Å². The first-order valence-corrected chi connectivity index (χ1v) is 15.9. The van der Waals surface area contributed by atoms with Crippen LogP contribution in [-0.2, 0) is 24.0 Å². The molecule has 1 aliphatic heterocycles. The number of hydrogen-bond acceptors (Lipinski definition) is 6. The standard InChI is InChI=1S/C32H54N6O6/c1-16(2)34-27(42)23(30(3,4)5)36-29(44)37-24(31(6,7)8)28(43)38-15-18-20(32(18,9)10)21(38)26(41)35-19(22(39)25(33)40)14-17-12-11-13-17/h16-21,23-24H,11-15H2,1-10H3,(H2,33,40)(H,34,42)(H,35,41)(H2,36,37,44)/t18-,19?,20?,21-,23+,24+/m0/s1. The molecule has 6 amide bonds. The summed E-state index contributed by atoms with van der Waals surface area (Å²) in [6, 6.07) is -4.60. The number of rotatable bonds is 11. The Morgan fingerprint density at radius 1 is 0.864 bits per heavy atom. The predicted molar refractivity (Wildman–Crippen MR) is 166 cm³/mol. The van der Waals surface area contributed by atoms with E-state index in [4.69, 9.17) is 5.73 Å². The maximum atomic E-state index is 14.2. The first kappa shape index (κ1) is 35.3. The van der Waals surface area contributed by atoms with E-state index in [1.54, 1.807) is 0 Å². The summed E-state index contributed by atoms with van der Waals surface area (Å²) in [5.74, 6) is -3.04. The zero-order valence-electron chi connectivity index (χ0n) is 28.1. The number of nitrogens with zero attached hydrogens (tertiary/aromatic N) is 1. The average molecular weight is 619 g/mol. The molecule has 0 bridgehead atoms. The molecule has 0 aromatic rings. The molecule has 6 N–H and O–H groups in total. The monoisotopic (exact) mass is 618 g/mol. The second-order valence-corrected chi connectivity index (χ2v) is 16.1. The maximum absolute atomic E-state index is 14.2. The van der Waals surface area contributed by atoms with E-state index in [-0.39, 0.29) is 35.1 Å². The Labute approximate surface area is 261 Å². The van der Waals surface area contributed by atoms with Crippen LogP contribution in [0.4, 0.5) is 4.79 Å². The van der Waals surface area contributed by atoms with E-state index < -0.39 is 64.5 Å². The molecular weight excluding hydrogens is 564 g/mol. The van der Waals surface area contributed by atoms with Gasteiger partial charge in [-0.15, -0.1) is 0 Å². The third kappa shape index (κ3) is 7.72. The van der Waals surface area contributed by atoms with Gasteiger partial charge in [-0.2, -0.15) is 0 Å². The van der Waals surface area contributed by atoms with Crippen LogP contribution in [0, 0.1) is 34.0 Å². The number of nitrogens with one attached hydrogen (secondary N) is 4. The highest BCUT2D eigenvalue weighted by molar-refractivity contribution is 6.37. The van der Waals surface area contributed by atoms with Gasteiger partial charge in [0.15, 0.2) is 0 Å². The number of amides is 6. The molecule has 12 nitrogen and oxygen atoms in total. The van der Waals surface area contributed by atoms with Crippen LogP contribution in [0.3, 0.4) is 0 Å². The number of hydrogen-bond donors (Lipinski definition) is 5. The lowest BCUT2D eigenvalue weighted by Crippen LogP contribution is -2.63. The van der Waals surface area contributed by atoms with E-state index >= 15 is 0 Å². The first-order valence-electron chi connectivity index (χ1n) is 15.9. The Balaban J connectivity index is 1.83. The molecule has 6 atom stereocenters. The van der Waals surface area contributed by atoms with Gasteiger partial charge in [0.05, 0.1) is 6.04 Å². The molecule has 3 rings (SSSR count). The summed E-state index contributed by atoms with van der Waals surface area (Å²) in [5, 5.41) is 11.2. The Hall–Kier alpha value is -3.18. The van der Waals surface area contributed by atoms with Crippen molar-refractivity contribution in [2.45, 2.75) is 125 Å². The number of carbonyl (C=O) groups excluding carboxylic acids is 6. The number of nitrogens with two attached hydrogens (primary N) is 1. The van der Waals surface area contributed by atoms with Crippen LogP contribution in [0.5, 0.6) is 0 Å². The van der Waals surface area contributed by atoms with Crippen molar-refractivity contribution in [2.24, 2.45) is 39.7 Å². The number of ketones is 1. The number of Topliss-reactive ketones (excluding diaryl/α,β-unsaturated/α-hetero) is 1. The van der Waals surface area contributed by atoms with Crippen molar-refractivity contribution in [3.8, 4) is 0 Å². The lowest BCUT2D eigenvalue weighted by atomic mass is 9.80. The number of piperidine rings is 1. The third-order valence-corrected chi connectivity index (χ3v) is 9.65. The van der Waals surface area contributed by atoms with Crippen molar-refractivity contribution >= 4 is 35.4 Å². The molecule has 3 aliphatic rings. The van der Waals surface area contributed by atoms with Crippen molar-refractivity contribution in [1.82, 2.24) is 26.2 Å². The molecule has 0 spiro atoms. The summed E-state index contributed by atoms with van der Waals surface area (Å²) in [7, 11) is 0. The molecule has 2 aliphatic carbocycles. The minimum Gasteiger partial charge on any atom is -0.363 e. The van der Waals surface area contributed by atoms with Crippen molar-refractivity contribution in [1.29, 1.82) is 0 Å². The Kier molecular flexibility index (Phi) is 10.2. The van der Waals surface area contributed by atoms with Crippen LogP contribution in [0.25, 0.3) is 0 Å². The summed E-state index contributed by atoms with van der Waals surface area (Å²) in [6.45, 7) is 19.1. The molecular formula is C32H54N6O6. The van der Waals surface area contributed by atoms with Crippen LogP contribution < -0.4 is 27.0 Å². The fourth-order valence-corrected chi connectivity index (χ4v) is 6.70. The largest absolute Gasteiger partial charge is 0.363 e. The second-order valence-electron chi connectivity index (χ2n) is 16.1. The molecule has 44 heavy (non-hydrogen) atoms. The Morgan fingerprint density at radius 3 is 1.86 bits per heavy atom. The van der Waals surface area contributed by atoms with Gasteiger partial charge in [0.25, 0.3) is 5.91 Å². The molecule has 0 aromatic heterocycles. The Morgan fingerprint density at radius 2 is 1.41 bits per heavy atom. The normalized spacial score (nSPS) is 24.7. The third-order valence-electron chi connectivity index (χ3n) is 9.65. The van der Waals surface area contributed by atoms with Crippen molar-refractivity contribution in [2.75, 3.05) is 6.54 Å². The first-order chi connectivity index (χ1) is 20.1. The van der Waals surface area contributed by atoms with Crippen LogP contribution >= 0.6 is 0 Å². The highest BCUT2D eigenvalue weighted by atomic mass is 16.2. The van der Waals surface area contributed by atoms with Crippen molar-refractivity contribution < 1.29 is 28.8 Å². The van der Waals surface area contributed by atoms with Gasteiger partial charge in [0.2, 0.25) is 23.5 Å². The minimum absolute atomic E-state index is 0.0681. The predicted octanol–water partition coefficient (Wildman–Crippen LogP) is 1.85. The molecule has 248 valence electrons. The molecule has 1 heterocycles. The molecule has 0 aromatic carbocycles. The lowest BCUT2D eigenvalue weighted by molar-refractivity contribution is -0.145. The summed E-state index contributed by atoms with van der Waals surface area (Å²) >= 11 is 0. The fraction of sp³-hybridized carbons (Fsp3) is 0.812. The summed E-state index contributed by atoms with van der Waals surface area (Å²) < 4.78 is 0. The Bertz CT molecular complexity index is 1160.